The van der Waals surface area contributed by atoms with Crippen LogP contribution >= 0.6 is 12.2 Å². The van der Waals surface area contributed by atoms with Crippen molar-refractivity contribution in [3.8, 4) is 0 Å². The van der Waals surface area contributed by atoms with Gasteiger partial charge in [-0.2, -0.15) is 0 Å². The zero-order chi connectivity index (χ0) is 21.1. The van der Waals surface area contributed by atoms with Gasteiger partial charge in [0.2, 0.25) is 0 Å². The second-order valence-electron chi connectivity index (χ2n) is 7.61. The number of fused-ring (bicyclic) bond motifs is 1. The zero-order valence-electron chi connectivity index (χ0n) is 16.9. The summed E-state index contributed by atoms with van der Waals surface area (Å²) < 4.78 is 17.3. The van der Waals surface area contributed by atoms with Gasteiger partial charge < -0.3 is 24.8 Å². The van der Waals surface area contributed by atoms with Gasteiger partial charge in [0.05, 0.1) is 19.3 Å². The minimum atomic E-state index is -0.525. The first-order valence-corrected chi connectivity index (χ1v) is 10.3. The molecule has 0 aromatic heterocycles. The molecule has 2 fully saturated rings. The number of carbonyl (C=O) groups excluding carboxylic acids is 1. The first-order chi connectivity index (χ1) is 14.5. The molecular formula is C22H25N3O4S. The van der Waals surface area contributed by atoms with Crippen molar-refractivity contribution in [2.75, 3.05) is 23.8 Å². The zero-order valence-corrected chi connectivity index (χ0v) is 17.7. The summed E-state index contributed by atoms with van der Waals surface area (Å²) in [4.78, 5) is 12.2. The number of ether oxygens (including phenoxy) is 3. The summed E-state index contributed by atoms with van der Waals surface area (Å²) in [5.41, 5.74) is 3.94. The summed E-state index contributed by atoms with van der Waals surface area (Å²) >= 11 is 5.46. The second-order valence-corrected chi connectivity index (χ2v) is 8.02. The van der Waals surface area contributed by atoms with Crippen LogP contribution < -0.4 is 16.0 Å². The Labute approximate surface area is 181 Å². The third-order valence-corrected chi connectivity index (χ3v) is 5.30. The van der Waals surface area contributed by atoms with E-state index in [0.717, 1.165) is 16.8 Å². The van der Waals surface area contributed by atoms with Crippen molar-refractivity contribution in [1.29, 1.82) is 0 Å². The molecule has 4 unspecified atom stereocenters. The minimum absolute atomic E-state index is 0.119. The largest absolute Gasteiger partial charge is 0.441 e. The summed E-state index contributed by atoms with van der Waals surface area (Å²) in [6.45, 7) is 4.80. The van der Waals surface area contributed by atoms with Gasteiger partial charge in [-0.25, -0.2) is 4.79 Å². The lowest BCUT2D eigenvalue weighted by atomic mass is 10.1. The van der Waals surface area contributed by atoms with Crippen molar-refractivity contribution < 1.29 is 19.0 Å². The van der Waals surface area contributed by atoms with Gasteiger partial charge in [-0.1, -0.05) is 24.3 Å². The lowest BCUT2D eigenvalue weighted by Crippen LogP contribution is -2.46. The van der Waals surface area contributed by atoms with Crippen LogP contribution in [0.4, 0.5) is 16.2 Å². The van der Waals surface area contributed by atoms with Crippen molar-refractivity contribution in [1.82, 2.24) is 5.32 Å². The topological polar surface area (TPSA) is 80.8 Å². The molecule has 2 aromatic carbocycles. The van der Waals surface area contributed by atoms with E-state index in [0.29, 0.717) is 17.4 Å². The average Bonchev–Trinajstić information content (AvgIpc) is 3.25. The summed E-state index contributed by atoms with van der Waals surface area (Å²) in [6, 6.07) is 15.2. The Hall–Kier alpha value is -2.68. The van der Waals surface area contributed by atoms with Crippen molar-refractivity contribution in [3.63, 3.8) is 0 Å². The molecule has 0 bridgehead atoms. The molecule has 4 rings (SSSR count). The van der Waals surface area contributed by atoms with Crippen LogP contribution in [0.2, 0.25) is 0 Å². The van der Waals surface area contributed by atoms with E-state index in [4.69, 9.17) is 26.4 Å². The molecule has 3 N–H and O–H groups in total. The monoisotopic (exact) mass is 427 g/mol. The van der Waals surface area contributed by atoms with Gasteiger partial charge in [0.15, 0.2) is 11.2 Å². The first kappa shape index (κ1) is 20.6. The normalized spacial score (nSPS) is 24.7. The van der Waals surface area contributed by atoms with Crippen LogP contribution in [-0.4, -0.2) is 48.8 Å². The molecule has 30 heavy (non-hydrogen) atoms. The molecule has 2 aliphatic rings. The maximum atomic E-state index is 12.2. The van der Waals surface area contributed by atoms with E-state index in [1.807, 2.05) is 44.2 Å². The SMILES string of the molecule is Cc1cc(C)cc(NC(=S)NC2COC3C(OC(=O)Nc4ccccc4)COC23)c1. The Bertz CT molecular complexity index is 904. The molecule has 2 heterocycles. The summed E-state index contributed by atoms with van der Waals surface area (Å²) in [6.07, 6.45) is -1.56. The van der Waals surface area contributed by atoms with Crippen molar-refractivity contribution in [3.05, 3.63) is 59.7 Å². The number of thiocarbonyl (C=S) groups is 1. The van der Waals surface area contributed by atoms with Gasteiger partial charge in [0.1, 0.15) is 12.2 Å². The maximum Gasteiger partial charge on any atom is 0.412 e. The highest BCUT2D eigenvalue weighted by Crippen LogP contribution is 2.29. The van der Waals surface area contributed by atoms with Crippen LogP contribution in [0.1, 0.15) is 11.1 Å². The van der Waals surface area contributed by atoms with Crippen LogP contribution in [0, 0.1) is 13.8 Å². The van der Waals surface area contributed by atoms with Gasteiger partial charge in [-0.05, 0) is 61.5 Å². The molecule has 1 amide bonds. The van der Waals surface area contributed by atoms with E-state index in [1.165, 1.54) is 0 Å². The third kappa shape index (κ3) is 4.89. The molecule has 0 aliphatic carbocycles. The fraction of sp³-hybridized carbons (Fsp3) is 0.364. The molecular weight excluding hydrogens is 402 g/mol. The van der Waals surface area contributed by atoms with Gasteiger partial charge >= 0.3 is 6.09 Å². The number of hydrogen-bond acceptors (Lipinski definition) is 5. The predicted octanol–water partition coefficient (Wildman–Crippen LogP) is 3.37. The smallest absolute Gasteiger partial charge is 0.412 e. The van der Waals surface area contributed by atoms with Crippen LogP contribution in [0.5, 0.6) is 0 Å². The number of para-hydroxylation sites is 1. The Balaban J connectivity index is 1.29. The third-order valence-electron chi connectivity index (χ3n) is 5.08. The van der Waals surface area contributed by atoms with Gasteiger partial charge in [-0.3, -0.25) is 5.32 Å². The Morgan fingerprint density at radius 1 is 0.967 bits per heavy atom. The van der Waals surface area contributed by atoms with E-state index < -0.39 is 12.2 Å². The van der Waals surface area contributed by atoms with E-state index in [1.54, 1.807) is 12.1 Å². The number of hydrogen-bond donors (Lipinski definition) is 3. The molecule has 0 saturated carbocycles. The number of amides is 1. The van der Waals surface area contributed by atoms with E-state index >= 15 is 0 Å². The second kappa shape index (κ2) is 8.99. The minimum Gasteiger partial charge on any atom is -0.441 e. The number of rotatable bonds is 4. The molecule has 2 aliphatic heterocycles. The molecule has 0 radical (unpaired) electrons. The number of benzene rings is 2. The molecule has 4 atom stereocenters. The lowest BCUT2D eigenvalue weighted by molar-refractivity contribution is 0.00880. The van der Waals surface area contributed by atoms with E-state index in [9.17, 15) is 4.79 Å². The van der Waals surface area contributed by atoms with Crippen LogP contribution in [0.15, 0.2) is 48.5 Å². The Morgan fingerprint density at radius 3 is 2.40 bits per heavy atom. The molecule has 2 aromatic rings. The number of aryl methyl sites for hydroxylation is 2. The van der Waals surface area contributed by atoms with E-state index in [-0.39, 0.29) is 24.9 Å². The standard InChI is InChI=1S/C22H25N3O4S/c1-13-8-14(2)10-16(9-13)23-21(30)25-17-11-27-20-18(12-28-19(17)20)29-22(26)24-15-6-4-3-5-7-15/h3-10,17-20H,11-12H2,1-2H3,(H,24,26)(H2,23,25,30). The quantitative estimate of drug-likeness (QED) is 0.646. The fourth-order valence-corrected chi connectivity index (χ4v) is 4.15. The number of carbonyl (C=O) groups is 1. The summed E-state index contributed by atoms with van der Waals surface area (Å²) in [7, 11) is 0. The Morgan fingerprint density at radius 2 is 1.67 bits per heavy atom. The molecule has 0 spiro atoms. The molecule has 7 nitrogen and oxygen atoms in total. The highest BCUT2D eigenvalue weighted by atomic mass is 32.1. The Kier molecular flexibility index (Phi) is 6.17. The van der Waals surface area contributed by atoms with Crippen LogP contribution in [-0.2, 0) is 14.2 Å². The van der Waals surface area contributed by atoms with E-state index in [2.05, 4.69) is 22.0 Å². The highest BCUT2D eigenvalue weighted by Gasteiger charge is 2.49. The lowest BCUT2D eigenvalue weighted by Gasteiger charge is -2.20. The number of nitrogens with one attached hydrogen (secondary N) is 3. The van der Waals surface area contributed by atoms with Gasteiger partial charge in [0, 0.05) is 11.4 Å². The highest BCUT2D eigenvalue weighted by molar-refractivity contribution is 7.80. The van der Waals surface area contributed by atoms with Gasteiger partial charge in [-0.15, -0.1) is 0 Å². The molecule has 8 heteroatoms. The van der Waals surface area contributed by atoms with Crippen LogP contribution in [0.25, 0.3) is 0 Å². The van der Waals surface area contributed by atoms with Crippen molar-refractivity contribution >= 4 is 34.8 Å². The molecule has 2 saturated heterocycles. The first-order valence-electron chi connectivity index (χ1n) is 9.89. The van der Waals surface area contributed by atoms with Crippen molar-refractivity contribution in [2.24, 2.45) is 0 Å². The van der Waals surface area contributed by atoms with Crippen molar-refractivity contribution in [2.45, 2.75) is 38.2 Å². The molecule has 158 valence electrons. The summed E-state index contributed by atoms with van der Waals surface area (Å²) in [5, 5.41) is 9.69. The van der Waals surface area contributed by atoms with Crippen LogP contribution in [0.3, 0.4) is 0 Å². The maximum absolute atomic E-state index is 12.2. The fourth-order valence-electron chi connectivity index (χ4n) is 3.88. The average molecular weight is 428 g/mol. The number of anilines is 2. The summed E-state index contributed by atoms with van der Waals surface area (Å²) in [5.74, 6) is 0. The van der Waals surface area contributed by atoms with Gasteiger partial charge in [0.25, 0.3) is 0 Å². The predicted molar refractivity (Wildman–Crippen MR) is 119 cm³/mol.